The second-order valence-corrected chi connectivity index (χ2v) is 6.80. The lowest BCUT2D eigenvalue weighted by Crippen LogP contribution is -2.32. The molecule has 1 atom stereocenters. The third kappa shape index (κ3) is 7.54. The molecule has 114 valence electrons. The highest BCUT2D eigenvalue weighted by atomic mass is 28.3. The van der Waals surface area contributed by atoms with Gasteiger partial charge in [0.25, 0.3) is 0 Å². The van der Waals surface area contributed by atoms with Gasteiger partial charge in [0.05, 0.1) is 0 Å². The van der Waals surface area contributed by atoms with Gasteiger partial charge in [0, 0.05) is 26.3 Å². The van der Waals surface area contributed by atoms with Crippen molar-refractivity contribution in [3.05, 3.63) is 0 Å². The van der Waals surface area contributed by atoms with Gasteiger partial charge in [0.15, 0.2) is 0 Å². The SMILES string of the molecule is CCO[SiH](OCC)C(CC)CCCN(CC)C(=O)O. The van der Waals surface area contributed by atoms with Crippen LogP contribution in [-0.2, 0) is 8.85 Å². The van der Waals surface area contributed by atoms with Crippen molar-refractivity contribution in [1.82, 2.24) is 4.90 Å². The van der Waals surface area contributed by atoms with E-state index in [1.54, 1.807) is 0 Å². The zero-order valence-electron chi connectivity index (χ0n) is 12.7. The topological polar surface area (TPSA) is 59.0 Å². The molecule has 19 heavy (non-hydrogen) atoms. The zero-order chi connectivity index (χ0) is 14.7. The number of hydrogen-bond donors (Lipinski definition) is 1. The van der Waals surface area contributed by atoms with E-state index in [1.165, 1.54) is 4.90 Å². The molecular weight excluding hydrogens is 262 g/mol. The van der Waals surface area contributed by atoms with Gasteiger partial charge in [-0.15, -0.1) is 0 Å². The molecule has 0 aromatic carbocycles. The van der Waals surface area contributed by atoms with Gasteiger partial charge in [-0.2, -0.15) is 0 Å². The number of carboxylic acid groups (broad SMARTS) is 1. The van der Waals surface area contributed by atoms with Crippen molar-refractivity contribution < 1.29 is 18.8 Å². The van der Waals surface area contributed by atoms with E-state index in [1.807, 2.05) is 20.8 Å². The van der Waals surface area contributed by atoms with E-state index in [-0.39, 0.29) is 0 Å². The molecular formula is C13H29NO4Si. The summed E-state index contributed by atoms with van der Waals surface area (Å²) in [6, 6.07) is 0. The van der Waals surface area contributed by atoms with Crippen molar-refractivity contribution >= 4 is 15.4 Å². The van der Waals surface area contributed by atoms with Crippen LogP contribution in [0.5, 0.6) is 0 Å². The maximum Gasteiger partial charge on any atom is 0.407 e. The summed E-state index contributed by atoms with van der Waals surface area (Å²) in [6.07, 6.45) is 2.06. The summed E-state index contributed by atoms with van der Waals surface area (Å²) in [5.41, 5.74) is 0.465. The lowest BCUT2D eigenvalue weighted by molar-refractivity contribution is 0.146. The lowest BCUT2D eigenvalue weighted by Gasteiger charge is -2.24. The summed E-state index contributed by atoms with van der Waals surface area (Å²) < 4.78 is 11.5. The summed E-state index contributed by atoms with van der Waals surface area (Å²) in [7, 11) is -1.61. The van der Waals surface area contributed by atoms with E-state index in [9.17, 15) is 4.79 Å². The standard InChI is InChI=1S/C13H29NO4Si/c1-5-12(19(17-7-3)18-8-4)10-9-11-14(6-2)13(15)16/h12,19H,5-11H2,1-4H3,(H,15,16). The average molecular weight is 291 g/mol. The quantitative estimate of drug-likeness (QED) is 0.595. The largest absolute Gasteiger partial charge is 0.465 e. The first kappa shape index (κ1) is 18.4. The van der Waals surface area contributed by atoms with Crippen LogP contribution in [0.15, 0.2) is 0 Å². The molecule has 0 spiro atoms. The van der Waals surface area contributed by atoms with Gasteiger partial charge >= 0.3 is 15.4 Å². The smallest absolute Gasteiger partial charge is 0.407 e. The number of rotatable bonds is 11. The monoisotopic (exact) mass is 291 g/mol. The normalized spacial score (nSPS) is 12.7. The third-order valence-electron chi connectivity index (χ3n) is 3.23. The molecule has 0 heterocycles. The molecule has 0 aliphatic carbocycles. The van der Waals surface area contributed by atoms with Crippen LogP contribution in [0.25, 0.3) is 0 Å². The van der Waals surface area contributed by atoms with E-state index >= 15 is 0 Å². The molecule has 0 saturated heterocycles. The van der Waals surface area contributed by atoms with Crippen molar-refractivity contribution in [2.75, 3.05) is 26.3 Å². The highest BCUT2D eigenvalue weighted by Gasteiger charge is 2.24. The summed E-state index contributed by atoms with van der Waals surface area (Å²) in [4.78, 5) is 12.3. The van der Waals surface area contributed by atoms with E-state index in [4.69, 9.17) is 14.0 Å². The molecule has 0 saturated carbocycles. The van der Waals surface area contributed by atoms with Crippen LogP contribution in [0.4, 0.5) is 4.79 Å². The van der Waals surface area contributed by atoms with Gasteiger partial charge in [-0.05, 0) is 39.2 Å². The Morgan fingerprint density at radius 1 is 1.21 bits per heavy atom. The molecule has 5 nitrogen and oxygen atoms in total. The molecule has 1 amide bonds. The Hall–Kier alpha value is -0.593. The Bertz CT molecular complexity index is 235. The Labute approximate surface area is 118 Å². The molecule has 0 bridgehead atoms. The highest BCUT2D eigenvalue weighted by Crippen LogP contribution is 2.23. The minimum atomic E-state index is -1.61. The Kier molecular flexibility index (Phi) is 10.9. The predicted molar refractivity (Wildman–Crippen MR) is 78.9 cm³/mol. The van der Waals surface area contributed by atoms with Gasteiger partial charge < -0.3 is 18.9 Å². The van der Waals surface area contributed by atoms with Crippen LogP contribution < -0.4 is 0 Å². The molecule has 0 aromatic rings. The summed E-state index contributed by atoms with van der Waals surface area (Å²) in [6.45, 7) is 10.5. The van der Waals surface area contributed by atoms with Crippen molar-refractivity contribution in [3.63, 3.8) is 0 Å². The van der Waals surface area contributed by atoms with Gasteiger partial charge in [-0.3, -0.25) is 0 Å². The van der Waals surface area contributed by atoms with E-state index in [0.717, 1.165) is 19.3 Å². The fourth-order valence-electron chi connectivity index (χ4n) is 2.11. The average Bonchev–Trinajstić information content (AvgIpc) is 2.38. The summed E-state index contributed by atoms with van der Waals surface area (Å²) >= 11 is 0. The van der Waals surface area contributed by atoms with E-state index in [0.29, 0.717) is 31.8 Å². The maximum absolute atomic E-state index is 10.9. The summed E-state index contributed by atoms with van der Waals surface area (Å²) in [5.74, 6) is 0. The van der Waals surface area contributed by atoms with Gasteiger partial charge in [-0.1, -0.05) is 13.3 Å². The number of nitrogens with zero attached hydrogens (tertiary/aromatic N) is 1. The second-order valence-electron chi connectivity index (χ2n) is 4.45. The predicted octanol–water partition coefficient (Wildman–Crippen LogP) is 2.84. The Morgan fingerprint density at radius 2 is 1.79 bits per heavy atom. The third-order valence-corrected chi connectivity index (χ3v) is 6.12. The van der Waals surface area contributed by atoms with E-state index < -0.39 is 15.4 Å². The van der Waals surface area contributed by atoms with Crippen LogP contribution in [0, 0.1) is 0 Å². The van der Waals surface area contributed by atoms with Crippen molar-refractivity contribution in [2.45, 2.75) is 52.5 Å². The van der Waals surface area contributed by atoms with Crippen LogP contribution in [0.1, 0.15) is 47.0 Å². The molecule has 6 heteroatoms. The fourth-order valence-corrected chi connectivity index (χ4v) is 4.31. The Morgan fingerprint density at radius 3 is 2.16 bits per heavy atom. The minimum Gasteiger partial charge on any atom is -0.465 e. The first-order chi connectivity index (χ1) is 9.10. The number of amides is 1. The van der Waals surface area contributed by atoms with Crippen molar-refractivity contribution in [2.24, 2.45) is 0 Å². The van der Waals surface area contributed by atoms with Crippen molar-refractivity contribution in [1.29, 1.82) is 0 Å². The van der Waals surface area contributed by atoms with Crippen molar-refractivity contribution in [3.8, 4) is 0 Å². The maximum atomic E-state index is 10.9. The first-order valence-corrected chi connectivity index (χ1v) is 8.92. The van der Waals surface area contributed by atoms with Gasteiger partial charge in [0.2, 0.25) is 0 Å². The molecule has 1 unspecified atom stereocenters. The summed E-state index contributed by atoms with van der Waals surface area (Å²) in [5, 5.41) is 8.96. The van der Waals surface area contributed by atoms with Crippen LogP contribution >= 0.6 is 0 Å². The van der Waals surface area contributed by atoms with Gasteiger partial charge in [0.1, 0.15) is 0 Å². The van der Waals surface area contributed by atoms with Crippen LogP contribution in [0.3, 0.4) is 0 Å². The minimum absolute atomic E-state index is 0.465. The van der Waals surface area contributed by atoms with Crippen LogP contribution in [0.2, 0.25) is 5.54 Å². The highest BCUT2D eigenvalue weighted by molar-refractivity contribution is 6.46. The molecule has 0 aliphatic heterocycles. The molecule has 0 radical (unpaired) electrons. The van der Waals surface area contributed by atoms with Crippen LogP contribution in [-0.4, -0.2) is 51.7 Å². The fraction of sp³-hybridized carbons (Fsp3) is 0.923. The van der Waals surface area contributed by atoms with E-state index in [2.05, 4.69) is 6.92 Å². The molecule has 0 fully saturated rings. The number of hydrogen-bond acceptors (Lipinski definition) is 3. The zero-order valence-corrected chi connectivity index (χ0v) is 13.9. The second kappa shape index (κ2) is 11.3. The number of carbonyl (C=O) groups is 1. The first-order valence-electron chi connectivity index (χ1n) is 7.31. The molecule has 1 N–H and O–H groups in total. The van der Waals surface area contributed by atoms with Gasteiger partial charge in [-0.25, -0.2) is 4.79 Å². The molecule has 0 rings (SSSR count). The molecule has 0 aliphatic rings. The molecule has 0 aromatic heterocycles. The lowest BCUT2D eigenvalue weighted by atomic mass is 10.2. The Balaban J connectivity index is 4.19.